The summed E-state index contributed by atoms with van der Waals surface area (Å²) >= 11 is 0. The summed E-state index contributed by atoms with van der Waals surface area (Å²) in [6.45, 7) is 4.08. The van der Waals surface area contributed by atoms with Gasteiger partial charge in [0.1, 0.15) is 18.2 Å². The molecule has 1 amide bonds. The molecule has 1 fully saturated rings. The first-order valence-corrected chi connectivity index (χ1v) is 11.3. The van der Waals surface area contributed by atoms with Crippen LogP contribution < -0.4 is 14.8 Å². The number of nitrogens with zero attached hydrogens (tertiary/aromatic N) is 3. The topological polar surface area (TPSA) is 91.4 Å². The first-order chi connectivity index (χ1) is 16.0. The highest BCUT2D eigenvalue weighted by Crippen LogP contribution is 2.31. The molecule has 1 N–H and O–H groups in total. The molecule has 0 spiro atoms. The van der Waals surface area contributed by atoms with Gasteiger partial charge in [0, 0.05) is 12.1 Å². The molecule has 1 saturated carbocycles. The Kier molecular flexibility index (Phi) is 7.12. The molecule has 0 radical (unpaired) electrons. The number of benzene rings is 1. The summed E-state index contributed by atoms with van der Waals surface area (Å²) < 4.78 is 18.5. The Morgan fingerprint density at radius 3 is 2.76 bits per heavy atom. The van der Waals surface area contributed by atoms with Crippen LogP contribution in [0.15, 0.2) is 41.1 Å². The van der Waals surface area contributed by atoms with Gasteiger partial charge in [0.05, 0.1) is 30.6 Å². The van der Waals surface area contributed by atoms with E-state index in [4.69, 9.17) is 14.0 Å². The van der Waals surface area contributed by atoms with E-state index in [1.807, 2.05) is 42.8 Å². The number of ether oxygens (including phenoxy) is 2. The molecule has 2 heterocycles. The molecule has 8 heteroatoms. The molecular weight excluding hydrogens is 420 g/mol. The first-order valence-electron chi connectivity index (χ1n) is 11.3. The Morgan fingerprint density at radius 1 is 1.21 bits per heavy atom. The van der Waals surface area contributed by atoms with Crippen LogP contribution in [0, 0.1) is 13.8 Å². The van der Waals surface area contributed by atoms with Crippen LogP contribution in [0.2, 0.25) is 0 Å². The van der Waals surface area contributed by atoms with E-state index in [1.54, 1.807) is 19.4 Å². The zero-order valence-electron chi connectivity index (χ0n) is 19.3. The Labute approximate surface area is 193 Å². The number of aromatic nitrogens is 3. The summed E-state index contributed by atoms with van der Waals surface area (Å²) in [6.07, 6.45) is 10.9. The van der Waals surface area contributed by atoms with Gasteiger partial charge >= 0.3 is 0 Å². The second-order valence-corrected chi connectivity index (χ2v) is 8.28. The van der Waals surface area contributed by atoms with Crippen molar-refractivity contribution in [3.05, 3.63) is 59.1 Å². The first kappa shape index (κ1) is 22.6. The van der Waals surface area contributed by atoms with E-state index in [0.717, 1.165) is 41.2 Å². The molecule has 33 heavy (non-hydrogen) atoms. The molecule has 1 aromatic carbocycles. The fourth-order valence-electron chi connectivity index (χ4n) is 4.13. The predicted octanol–water partition coefficient (Wildman–Crippen LogP) is 5.23. The van der Waals surface area contributed by atoms with Crippen LogP contribution in [0.1, 0.15) is 60.7 Å². The van der Waals surface area contributed by atoms with E-state index >= 15 is 0 Å². The molecule has 8 nitrogen and oxygen atoms in total. The molecule has 1 aliphatic carbocycles. The quantitative estimate of drug-likeness (QED) is 0.472. The maximum Gasteiger partial charge on any atom is 0.249 e. The standard InChI is InChI=1S/C25H30N4O4/c1-17-21(18(2)33-28-17)16-32-22-11-9-19(15-23(22)31-3)10-12-25(30)27-24-13-14-26-29(24)20-7-5-4-6-8-20/h9-15,20H,4-8,16H2,1-3H3,(H,27,30)/b12-10+. The van der Waals surface area contributed by atoms with Crippen molar-refractivity contribution in [1.82, 2.24) is 14.9 Å². The van der Waals surface area contributed by atoms with Crippen LogP contribution in [-0.2, 0) is 11.4 Å². The van der Waals surface area contributed by atoms with Crippen LogP contribution in [0.3, 0.4) is 0 Å². The minimum Gasteiger partial charge on any atom is -0.493 e. The van der Waals surface area contributed by atoms with Crippen molar-refractivity contribution in [3.63, 3.8) is 0 Å². The second kappa shape index (κ2) is 10.4. The van der Waals surface area contributed by atoms with Gasteiger partial charge in [-0.3, -0.25) is 4.79 Å². The van der Waals surface area contributed by atoms with Crippen LogP contribution in [-0.4, -0.2) is 28.0 Å². The monoisotopic (exact) mass is 450 g/mol. The molecule has 4 rings (SSSR count). The van der Waals surface area contributed by atoms with Gasteiger partial charge in [-0.15, -0.1) is 0 Å². The Hall–Kier alpha value is -3.55. The summed E-state index contributed by atoms with van der Waals surface area (Å²) in [7, 11) is 1.59. The maximum absolute atomic E-state index is 12.5. The van der Waals surface area contributed by atoms with E-state index in [0.29, 0.717) is 24.1 Å². The van der Waals surface area contributed by atoms with E-state index in [9.17, 15) is 4.79 Å². The summed E-state index contributed by atoms with van der Waals surface area (Å²) in [5, 5.41) is 11.3. The van der Waals surface area contributed by atoms with Gasteiger partial charge in [-0.1, -0.05) is 30.5 Å². The average Bonchev–Trinajstić information content (AvgIpc) is 3.43. The summed E-state index contributed by atoms with van der Waals surface area (Å²) in [5.74, 6) is 2.46. The number of carbonyl (C=O) groups excluding carboxylic acids is 1. The third-order valence-electron chi connectivity index (χ3n) is 6.01. The van der Waals surface area contributed by atoms with Crippen molar-refractivity contribution in [3.8, 4) is 11.5 Å². The lowest BCUT2D eigenvalue weighted by Gasteiger charge is -2.23. The van der Waals surface area contributed by atoms with Gasteiger partial charge in [-0.25, -0.2) is 4.68 Å². The Bertz CT molecular complexity index is 1110. The van der Waals surface area contributed by atoms with Crippen molar-refractivity contribution in [2.45, 2.75) is 58.6 Å². The molecule has 0 bridgehead atoms. The minimum atomic E-state index is -0.203. The van der Waals surface area contributed by atoms with E-state index in [-0.39, 0.29) is 5.91 Å². The highest BCUT2D eigenvalue weighted by atomic mass is 16.5. The maximum atomic E-state index is 12.5. The SMILES string of the molecule is COc1cc(/C=C/C(=O)Nc2ccnn2C2CCCCC2)ccc1OCc1c(C)noc1C. The molecule has 1 aliphatic rings. The molecular formula is C25H30N4O4. The summed E-state index contributed by atoms with van der Waals surface area (Å²) in [6, 6.07) is 7.73. The van der Waals surface area contributed by atoms with Gasteiger partial charge in [0.15, 0.2) is 11.5 Å². The lowest BCUT2D eigenvalue weighted by atomic mass is 9.96. The lowest BCUT2D eigenvalue weighted by molar-refractivity contribution is -0.111. The second-order valence-electron chi connectivity index (χ2n) is 8.28. The molecule has 0 unspecified atom stereocenters. The zero-order valence-corrected chi connectivity index (χ0v) is 19.3. The third-order valence-corrected chi connectivity index (χ3v) is 6.01. The Balaban J connectivity index is 1.39. The van der Waals surface area contributed by atoms with Crippen LogP contribution in [0.5, 0.6) is 11.5 Å². The fourth-order valence-corrected chi connectivity index (χ4v) is 4.13. The predicted molar refractivity (Wildman–Crippen MR) is 125 cm³/mol. The largest absolute Gasteiger partial charge is 0.493 e. The van der Waals surface area contributed by atoms with Gasteiger partial charge in [-0.2, -0.15) is 5.10 Å². The van der Waals surface area contributed by atoms with Gasteiger partial charge in [0.2, 0.25) is 5.91 Å². The average molecular weight is 451 g/mol. The Morgan fingerprint density at radius 2 is 2.03 bits per heavy atom. The number of rotatable bonds is 8. The van der Waals surface area contributed by atoms with Gasteiger partial charge in [0.25, 0.3) is 0 Å². The summed E-state index contributed by atoms with van der Waals surface area (Å²) in [4.78, 5) is 12.5. The smallest absolute Gasteiger partial charge is 0.249 e. The van der Waals surface area contributed by atoms with Crippen molar-refractivity contribution in [2.24, 2.45) is 0 Å². The van der Waals surface area contributed by atoms with E-state index in [2.05, 4.69) is 15.6 Å². The molecule has 2 aromatic heterocycles. The molecule has 0 saturated heterocycles. The van der Waals surface area contributed by atoms with Crippen LogP contribution in [0.25, 0.3) is 6.08 Å². The highest BCUT2D eigenvalue weighted by Gasteiger charge is 2.19. The number of aryl methyl sites for hydroxylation is 2. The minimum absolute atomic E-state index is 0.203. The third kappa shape index (κ3) is 5.45. The van der Waals surface area contributed by atoms with Gasteiger partial charge < -0.3 is 19.3 Å². The van der Waals surface area contributed by atoms with E-state index in [1.165, 1.54) is 25.3 Å². The van der Waals surface area contributed by atoms with Crippen molar-refractivity contribution in [2.75, 3.05) is 12.4 Å². The summed E-state index contributed by atoms with van der Waals surface area (Å²) in [5.41, 5.74) is 2.56. The van der Waals surface area contributed by atoms with Gasteiger partial charge in [-0.05, 0) is 50.5 Å². The number of methoxy groups -OCH3 is 1. The number of nitrogens with one attached hydrogen (secondary N) is 1. The molecule has 3 aromatic rings. The van der Waals surface area contributed by atoms with E-state index < -0.39 is 0 Å². The van der Waals surface area contributed by atoms with Crippen molar-refractivity contribution < 1.29 is 18.8 Å². The number of anilines is 1. The lowest BCUT2D eigenvalue weighted by Crippen LogP contribution is -2.19. The molecule has 174 valence electrons. The molecule has 0 aliphatic heterocycles. The molecule has 0 atom stereocenters. The van der Waals surface area contributed by atoms with Crippen LogP contribution >= 0.6 is 0 Å². The highest BCUT2D eigenvalue weighted by molar-refractivity contribution is 6.01. The van der Waals surface area contributed by atoms with Crippen molar-refractivity contribution in [1.29, 1.82) is 0 Å². The fraction of sp³-hybridized carbons (Fsp3) is 0.400. The number of carbonyl (C=O) groups is 1. The van der Waals surface area contributed by atoms with Crippen molar-refractivity contribution >= 4 is 17.8 Å². The number of hydrogen-bond donors (Lipinski definition) is 1. The van der Waals surface area contributed by atoms with Crippen LogP contribution in [0.4, 0.5) is 5.82 Å². The zero-order chi connectivity index (χ0) is 23.2. The normalized spacial score (nSPS) is 14.5. The number of hydrogen-bond acceptors (Lipinski definition) is 6. The number of amides is 1.